The Balaban J connectivity index is 2.26. The molecule has 0 aliphatic carbocycles. The molecular weight excluding hydrogens is 359 g/mol. The van der Waals surface area contributed by atoms with E-state index in [4.69, 9.17) is 9.56 Å². The summed E-state index contributed by atoms with van der Waals surface area (Å²) < 4.78 is 0.726. The Kier molecular flexibility index (Phi) is 5.21. The van der Waals surface area contributed by atoms with Crippen LogP contribution in [0.4, 0.5) is 0 Å². The van der Waals surface area contributed by atoms with Gasteiger partial charge in [-0.05, 0) is 0 Å². The van der Waals surface area contributed by atoms with Gasteiger partial charge in [0.25, 0.3) is 0 Å². The van der Waals surface area contributed by atoms with E-state index >= 15 is 0 Å². The van der Waals surface area contributed by atoms with Crippen LogP contribution < -0.4 is 24.5 Å². The summed E-state index contributed by atoms with van der Waals surface area (Å²) in [6.45, 7) is 0. The molecule has 0 unspecified atom stereocenters. The summed E-state index contributed by atoms with van der Waals surface area (Å²) in [5.41, 5.74) is 1.36. The van der Waals surface area contributed by atoms with Gasteiger partial charge in [-0.25, -0.2) is 0 Å². The van der Waals surface area contributed by atoms with Gasteiger partial charge in [0.1, 0.15) is 0 Å². The zero-order chi connectivity index (χ0) is 17.8. The average Bonchev–Trinajstić information content (AvgIpc) is 2.60. The van der Waals surface area contributed by atoms with Gasteiger partial charge in [0.05, 0.1) is 0 Å². The number of aromatic hydroxyl groups is 2. The number of rotatable bonds is 3. The Labute approximate surface area is 150 Å². The van der Waals surface area contributed by atoms with Crippen LogP contribution in [0.1, 0.15) is 11.1 Å². The summed E-state index contributed by atoms with van der Waals surface area (Å²) >= 11 is -1.25. The van der Waals surface area contributed by atoms with E-state index in [9.17, 15) is 10.2 Å². The normalized spacial score (nSPS) is 13.1. The van der Waals surface area contributed by atoms with Crippen molar-refractivity contribution in [1.82, 2.24) is 0 Å². The van der Waals surface area contributed by atoms with Crippen molar-refractivity contribution in [1.29, 1.82) is 0 Å². The molecule has 0 saturated heterocycles. The molecule has 0 bridgehead atoms. The minimum atomic E-state index is -1.25. The Morgan fingerprint density at radius 2 is 1.32 bits per heavy atom. The van der Waals surface area contributed by atoms with Gasteiger partial charge in [0.2, 0.25) is 0 Å². The Morgan fingerprint density at radius 1 is 0.760 bits per heavy atom. The SMILES string of the molecule is [NH2][Co]([NH2])[c]1[c]c(=Cc2ccccc2O)c(=Cc2ccccc2O)cc1. The summed E-state index contributed by atoms with van der Waals surface area (Å²) in [7, 11) is 0. The van der Waals surface area contributed by atoms with Crippen molar-refractivity contribution in [3.8, 4) is 11.5 Å². The van der Waals surface area contributed by atoms with Crippen LogP contribution in [0.25, 0.3) is 12.2 Å². The molecule has 129 valence electrons. The number of benzene rings is 3. The predicted molar refractivity (Wildman–Crippen MR) is 95.9 cm³/mol. The van der Waals surface area contributed by atoms with Crippen LogP contribution in [-0.2, 0) is 14.1 Å². The number of para-hydroxylation sites is 2. The monoisotopic (exact) mass is 377 g/mol. The summed E-state index contributed by atoms with van der Waals surface area (Å²) in [6, 6.07) is 21.1. The second kappa shape index (κ2) is 7.54. The van der Waals surface area contributed by atoms with E-state index in [2.05, 4.69) is 6.07 Å². The number of nitrogens with two attached hydrogens (primary N) is 2. The minimum absolute atomic E-state index is 0.178. The fourth-order valence-corrected chi connectivity index (χ4v) is 2.96. The van der Waals surface area contributed by atoms with Crippen LogP contribution in [0.2, 0.25) is 0 Å². The summed E-state index contributed by atoms with van der Waals surface area (Å²) in [6.07, 6.45) is 3.68. The topological polar surface area (TPSA) is 92.5 Å². The second-order valence-electron chi connectivity index (χ2n) is 5.36. The molecule has 3 rings (SSSR count). The molecule has 0 aliphatic heterocycles. The van der Waals surface area contributed by atoms with Crippen LogP contribution in [0.5, 0.6) is 11.5 Å². The van der Waals surface area contributed by atoms with Crippen LogP contribution in [0.3, 0.4) is 0 Å². The molecule has 0 spiro atoms. The predicted octanol–water partition coefficient (Wildman–Crippen LogP) is 0.546. The Bertz CT molecular complexity index is 1020. The van der Waals surface area contributed by atoms with Gasteiger partial charge in [-0.15, -0.1) is 0 Å². The van der Waals surface area contributed by atoms with E-state index in [0.29, 0.717) is 11.1 Å². The maximum atomic E-state index is 10.0. The van der Waals surface area contributed by atoms with Crippen LogP contribution >= 0.6 is 0 Å². The van der Waals surface area contributed by atoms with Gasteiger partial charge < -0.3 is 0 Å². The van der Waals surface area contributed by atoms with Gasteiger partial charge in [-0.2, -0.15) is 0 Å². The molecule has 1 radical (unpaired) electrons. The molecular formula is C20H18CoN2O2. The van der Waals surface area contributed by atoms with Crippen molar-refractivity contribution >= 4 is 16.6 Å². The van der Waals surface area contributed by atoms with Crippen LogP contribution in [0, 0.1) is 6.07 Å². The zero-order valence-electron chi connectivity index (χ0n) is 13.3. The molecule has 0 aliphatic rings. The zero-order valence-corrected chi connectivity index (χ0v) is 14.4. The molecule has 6 N–H and O–H groups in total. The third-order valence-corrected chi connectivity index (χ3v) is 4.60. The van der Waals surface area contributed by atoms with Crippen molar-refractivity contribution < 1.29 is 24.3 Å². The Morgan fingerprint density at radius 3 is 1.88 bits per heavy atom. The first-order valence-corrected chi connectivity index (χ1v) is 9.19. The molecule has 25 heavy (non-hydrogen) atoms. The first-order valence-electron chi connectivity index (χ1n) is 7.47. The van der Waals surface area contributed by atoms with Gasteiger partial charge >= 0.3 is 150 Å². The molecule has 0 amide bonds. The van der Waals surface area contributed by atoms with E-state index in [1.807, 2.05) is 48.6 Å². The number of phenols is 2. The van der Waals surface area contributed by atoms with E-state index in [1.54, 1.807) is 24.3 Å². The first-order chi connectivity index (χ1) is 12.0. The summed E-state index contributed by atoms with van der Waals surface area (Å²) in [5.74, 6) is 0.372. The van der Waals surface area contributed by atoms with E-state index in [-0.39, 0.29) is 11.5 Å². The third-order valence-electron chi connectivity index (χ3n) is 3.65. The molecule has 5 heteroatoms. The number of phenolic OH excluding ortho intramolecular Hbond substituents is 2. The second-order valence-corrected chi connectivity index (χ2v) is 6.87. The van der Waals surface area contributed by atoms with Gasteiger partial charge in [-0.1, -0.05) is 0 Å². The van der Waals surface area contributed by atoms with Gasteiger partial charge in [-0.3, -0.25) is 0 Å². The van der Waals surface area contributed by atoms with E-state index in [1.165, 1.54) is 0 Å². The number of hydrogen-bond donors (Lipinski definition) is 4. The average molecular weight is 377 g/mol. The van der Waals surface area contributed by atoms with Crippen molar-refractivity contribution in [2.45, 2.75) is 0 Å². The Hall–Kier alpha value is -2.57. The molecule has 0 saturated carbocycles. The van der Waals surface area contributed by atoms with E-state index < -0.39 is 14.1 Å². The first kappa shape index (κ1) is 17.3. The molecule has 4 nitrogen and oxygen atoms in total. The molecule has 3 aromatic carbocycles. The van der Waals surface area contributed by atoms with Crippen molar-refractivity contribution in [3.05, 3.63) is 88.3 Å². The molecule has 0 aromatic heterocycles. The van der Waals surface area contributed by atoms with Crippen molar-refractivity contribution in [2.24, 2.45) is 9.56 Å². The number of hydrogen-bond acceptors (Lipinski definition) is 4. The van der Waals surface area contributed by atoms with Crippen molar-refractivity contribution in [3.63, 3.8) is 0 Å². The van der Waals surface area contributed by atoms with Crippen LogP contribution in [0.15, 0.2) is 60.7 Å². The molecule has 0 heterocycles. The molecule has 0 fully saturated rings. The van der Waals surface area contributed by atoms with Crippen molar-refractivity contribution in [2.75, 3.05) is 0 Å². The van der Waals surface area contributed by atoms with Crippen LogP contribution in [-0.4, -0.2) is 10.2 Å². The van der Waals surface area contributed by atoms with Gasteiger partial charge in [0.15, 0.2) is 0 Å². The van der Waals surface area contributed by atoms with E-state index in [0.717, 1.165) is 14.9 Å². The standard InChI is InChI=1S/C20H14O2.Co.2H2N/c21-19-11-5-3-9-17(19)13-15-7-1-2-8-16(15)14-18-10-4-6-12-20(18)22;;;/h1,3-7,9-14,21-22H;;2*1H2/q;+2;2*-1. The van der Waals surface area contributed by atoms with Gasteiger partial charge in [0, 0.05) is 0 Å². The maximum absolute atomic E-state index is 10.0. The summed E-state index contributed by atoms with van der Waals surface area (Å²) in [5, 5.41) is 21.6. The quantitative estimate of drug-likeness (QED) is 0.536. The molecule has 0 atom stereocenters. The molecule has 3 aromatic rings. The summed E-state index contributed by atoms with van der Waals surface area (Å²) in [4.78, 5) is 11.7. The third kappa shape index (κ3) is 4.10. The fourth-order valence-electron chi connectivity index (χ4n) is 2.39. The fraction of sp³-hybridized carbons (Fsp3) is 0.